The molecule has 0 N–H and O–H groups in total. The van der Waals surface area contributed by atoms with Gasteiger partial charge in [-0.2, -0.15) is 0 Å². The molecule has 0 heteroatoms. The van der Waals surface area contributed by atoms with Gasteiger partial charge >= 0.3 is 0 Å². The van der Waals surface area contributed by atoms with Gasteiger partial charge in [0.15, 0.2) is 0 Å². The first-order chi connectivity index (χ1) is 25.6. The minimum absolute atomic E-state index is 0.0595. The molecule has 0 unspecified atom stereocenters. The van der Waals surface area contributed by atoms with Crippen molar-refractivity contribution in [2.75, 3.05) is 0 Å². The third kappa shape index (κ3) is 4.04. The largest absolute Gasteiger partial charge is 0.0619 e. The quantitative estimate of drug-likeness (QED) is 0.165. The molecule has 0 amide bonds. The molecule has 9 aromatic carbocycles. The molecule has 2 aliphatic rings. The summed E-state index contributed by atoms with van der Waals surface area (Å²) in [4.78, 5) is 0. The summed E-state index contributed by atoms with van der Waals surface area (Å²) < 4.78 is 0. The first kappa shape index (κ1) is 29.5. The summed E-state index contributed by atoms with van der Waals surface area (Å²) in [6.07, 6.45) is 0. The van der Waals surface area contributed by atoms with Gasteiger partial charge in [0.05, 0.1) is 0 Å². The SMILES string of the molecule is CC1(C)c2ccc(-c3c4ccccc4c(-c4ccc(C5c6ccccc6-c6ccccc65)cc4)c4ccccc34)cc2-c2c1ccc1ccccc21. The molecule has 9 aromatic rings. The van der Waals surface area contributed by atoms with Gasteiger partial charge in [-0.05, 0) is 111 Å². The van der Waals surface area contributed by atoms with Gasteiger partial charge in [-0.15, -0.1) is 0 Å². The van der Waals surface area contributed by atoms with E-state index in [1.165, 1.54) is 105 Å². The van der Waals surface area contributed by atoms with Crippen LogP contribution in [0, 0.1) is 0 Å². The van der Waals surface area contributed by atoms with Crippen molar-refractivity contribution in [3.05, 3.63) is 204 Å². The van der Waals surface area contributed by atoms with Crippen LogP contribution in [-0.4, -0.2) is 0 Å². The lowest BCUT2D eigenvalue weighted by atomic mass is 9.81. The molecule has 0 bridgehead atoms. The Labute approximate surface area is 304 Å². The van der Waals surface area contributed by atoms with E-state index in [0.29, 0.717) is 0 Å². The number of rotatable bonds is 3. The molecule has 0 atom stereocenters. The van der Waals surface area contributed by atoms with Crippen molar-refractivity contribution in [1.82, 2.24) is 0 Å². The van der Waals surface area contributed by atoms with Gasteiger partial charge in [0.2, 0.25) is 0 Å². The molecule has 0 saturated heterocycles. The highest BCUT2D eigenvalue weighted by Crippen LogP contribution is 2.54. The topological polar surface area (TPSA) is 0 Å². The Kier molecular flexibility index (Phi) is 6.17. The van der Waals surface area contributed by atoms with Crippen LogP contribution in [0.15, 0.2) is 176 Å². The zero-order valence-electron chi connectivity index (χ0n) is 29.3. The highest BCUT2D eigenvalue weighted by molar-refractivity contribution is 6.21. The molecule has 0 saturated carbocycles. The average molecular weight is 661 g/mol. The maximum absolute atomic E-state index is 2.48. The van der Waals surface area contributed by atoms with Crippen LogP contribution >= 0.6 is 0 Å². The summed E-state index contributed by atoms with van der Waals surface area (Å²) in [5.74, 6) is 0.240. The molecule has 0 spiro atoms. The van der Waals surface area contributed by atoms with E-state index in [-0.39, 0.29) is 11.3 Å². The van der Waals surface area contributed by atoms with Crippen LogP contribution in [0.2, 0.25) is 0 Å². The van der Waals surface area contributed by atoms with Gasteiger partial charge < -0.3 is 0 Å². The van der Waals surface area contributed by atoms with Crippen molar-refractivity contribution in [2.24, 2.45) is 0 Å². The van der Waals surface area contributed by atoms with Crippen molar-refractivity contribution >= 4 is 32.3 Å². The Balaban J connectivity index is 1.10. The summed E-state index contributed by atoms with van der Waals surface area (Å²) in [6, 6.07) is 66.0. The lowest BCUT2D eigenvalue weighted by molar-refractivity contribution is 0.661. The molecular weight excluding hydrogens is 625 g/mol. The second kappa shape index (κ2) is 10.9. The molecule has 0 fully saturated rings. The first-order valence-electron chi connectivity index (χ1n) is 18.5. The van der Waals surface area contributed by atoms with Gasteiger partial charge in [0.25, 0.3) is 0 Å². The smallest absolute Gasteiger partial charge is 0.0352 e. The van der Waals surface area contributed by atoms with E-state index in [1.54, 1.807) is 0 Å². The van der Waals surface area contributed by atoms with Gasteiger partial charge in [0, 0.05) is 11.3 Å². The summed E-state index contributed by atoms with van der Waals surface area (Å²) in [5, 5.41) is 7.77. The van der Waals surface area contributed by atoms with Crippen molar-refractivity contribution in [3.8, 4) is 44.5 Å². The molecule has 0 nitrogen and oxygen atoms in total. The maximum atomic E-state index is 2.48. The summed E-state index contributed by atoms with van der Waals surface area (Å²) in [5.41, 5.74) is 17.4. The van der Waals surface area contributed by atoms with Gasteiger partial charge in [-0.25, -0.2) is 0 Å². The third-order valence-electron chi connectivity index (χ3n) is 12.2. The van der Waals surface area contributed by atoms with Crippen molar-refractivity contribution in [1.29, 1.82) is 0 Å². The number of hydrogen-bond acceptors (Lipinski definition) is 0. The molecule has 11 rings (SSSR count). The zero-order chi connectivity index (χ0) is 34.6. The minimum Gasteiger partial charge on any atom is -0.0619 e. The van der Waals surface area contributed by atoms with Crippen molar-refractivity contribution in [2.45, 2.75) is 25.2 Å². The molecule has 244 valence electrons. The van der Waals surface area contributed by atoms with Crippen LogP contribution in [0.4, 0.5) is 0 Å². The highest BCUT2D eigenvalue weighted by atomic mass is 14.4. The molecule has 52 heavy (non-hydrogen) atoms. The van der Waals surface area contributed by atoms with E-state index < -0.39 is 0 Å². The Morgan fingerprint density at radius 1 is 0.365 bits per heavy atom. The fourth-order valence-electron chi connectivity index (χ4n) is 9.79. The monoisotopic (exact) mass is 660 g/mol. The van der Waals surface area contributed by atoms with Crippen molar-refractivity contribution < 1.29 is 0 Å². The van der Waals surface area contributed by atoms with E-state index in [4.69, 9.17) is 0 Å². The van der Waals surface area contributed by atoms with E-state index in [1.807, 2.05) is 0 Å². The van der Waals surface area contributed by atoms with Crippen LogP contribution in [-0.2, 0) is 5.41 Å². The van der Waals surface area contributed by atoms with E-state index in [2.05, 4.69) is 190 Å². The fraction of sp³-hybridized carbons (Fsp3) is 0.0769. The molecule has 2 aliphatic carbocycles. The predicted molar refractivity (Wildman–Crippen MR) is 220 cm³/mol. The van der Waals surface area contributed by atoms with Crippen LogP contribution < -0.4 is 0 Å². The molecule has 0 radical (unpaired) electrons. The normalized spacial score (nSPS) is 14.0. The second-order valence-electron chi connectivity index (χ2n) is 15.2. The molecule has 0 aliphatic heterocycles. The molecular formula is C52H36. The van der Waals surface area contributed by atoms with Crippen molar-refractivity contribution in [3.63, 3.8) is 0 Å². The molecule has 0 heterocycles. The Morgan fingerprint density at radius 2 is 0.846 bits per heavy atom. The minimum atomic E-state index is -0.0595. The van der Waals surface area contributed by atoms with Crippen LogP contribution in [0.5, 0.6) is 0 Å². The maximum Gasteiger partial charge on any atom is 0.0352 e. The zero-order valence-corrected chi connectivity index (χ0v) is 29.3. The van der Waals surface area contributed by atoms with Crippen LogP contribution in [0.25, 0.3) is 76.8 Å². The van der Waals surface area contributed by atoms with E-state index in [0.717, 1.165) is 0 Å². The fourth-order valence-corrected chi connectivity index (χ4v) is 9.79. The van der Waals surface area contributed by atoms with Gasteiger partial charge in [-0.3, -0.25) is 0 Å². The lowest BCUT2D eigenvalue weighted by Crippen LogP contribution is -2.14. The summed E-state index contributed by atoms with van der Waals surface area (Å²) in [7, 11) is 0. The van der Waals surface area contributed by atoms with Gasteiger partial charge in [0.1, 0.15) is 0 Å². The summed E-state index contributed by atoms with van der Waals surface area (Å²) in [6.45, 7) is 4.75. The lowest BCUT2D eigenvalue weighted by Gasteiger charge is -2.22. The average Bonchev–Trinajstić information content (AvgIpc) is 3.65. The Morgan fingerprint density at radius 3 is 1.46 bits per heavy atom. The Hall–Kier alpha value is -6.24. The first-order valence-corrected chi connectivity index (χ1v) is 18.5. The molecule has 0 aromatic heterocycles. The van der Waals surface area contributed by atoms with Gasteiger partial charge in [-0.1, -0.05) is 184 Å². The summed E-state index contributed by atoms with van der Waals surface area (Å²) >= 11 is 0. The van der Waals surface area contributed by atoms with E-state index >= 15 is 0 Å². The highest BCUT2D eigenvalue weighted by Gasteiger charge is 2.37. The third-order valence-corrected chi connectivity index (χ3v) is 12.2. The number of hydrogen-bond donors (Lipinski definition) is 0. The van der Waals surface area contributed by atoms with E-state index in [9.17, 15) is 0 Å². The predicted octanol–water partition coefficient (Wildman–Crippen LogP) is 13.9. The number of benzene rings is 9. The van der Waals surface area contributed by atoms with Crippen LogP contribution in [0.3, 0.4) is 0 Å². The van der Waals surface area contributed by atoms with Crippen LogP contribution in [0.1, 0.15) is 47.6 Å². The standard InChI is InChI=1S/C52H36/c1-52(2)46-29-28-35(31-45(46)51-36-14-4-3-13-32(36)27-30-47(51)52)50-43-21-11-9-19-41(43)49(42-20-10-12-22-44(42)50)34-25-23-33(24-26-34)48-39-17-7-5-15-37(39)38-16-6-8-18-40(38)48/h3-31,48H,1-2H3. The number of fused-ring (bicyclic) bond motifs is 10. The second-order valence-corrected chi connectivity index (χ2v) is 15.2. The Bertz CT molecular complexity index is 2820.